The zero-order chi connectivity index (χ0) is 23.0. The molecule has 11 nitrogen and oxygen atoms in total. The van der Waals surface area contributed by atoms with Crippen LogP contribution in [-0.4, -0.2) is 76.2 Å². The van der Waals surface area contributed by atoms with Crippen LogP contribution in [-0.2, 0) is 21.2 Å². The van der Waals surface area contributed by atoms with Crippen molar-refractivity contribution >= 4 is 21.4 Å². The Kier molecular flexibility index (Phi) is 5.97. The molecule has 2 aromatic heterocycles. The van der Waals surface area contributed by atoms with Crippen molar-refractivity contribution in [1.29, 1.82) is 0 Å². The molecule has 4 heterocycles. The molecule has 0 radical (unpaired) electrons. The van der Waals surface area contributed by atoms with E-state index in [0.717, 1.165) is 17.1 Å². The SMILES string of the molecule is Cc1nn(C2CCS(=O)(=O)C2)c(C)c1N1CCN(C(=O)CCn2ccc(=O)[nH]c2=O)CC1. The van der Waals surface area contributed by atoms with Crippen LogP contribution in [0.25, 0.3) is 0 Å². The first kappa shape index (κ1) is 22.3. The fourth-order valence-electron chi connectivity index (χ4n) is 4.61. The number of hydrogen-bond donors (Lipinski definition) is 1. The average Bonchev–Trinajstić information content (AvgIpc) is 3.25. The maximum Gasteiger partial charge on any atom is 0.328 e. The molecule has 0 aromatic carbocycles. The molecule has 174 valence electrons. The first-order valence-electron chi connectivity index (χ1n) is 10.7. The Balaban J connectivity index is 1.37. The molecule has 4 rings (SSSR count). The zero-order valence-corrected chi connectivity index (χ0v) is 19.1. The second-order valence-electron chi connectivity index (χ2n) is 8.44. The van der Waals surface area contributed by atoms with Gasteiger partial charge in [0.1, 0.15) is 0 Å². The molecule has 0 spiro atoms. The fraction of sp³-hybridized carbons (Fsp3) is 0.600. The summed E-state index contributed by atoms with van der Waals surface area (Å²) in [4.78, 5) is 41.7. The normalized spacial score (nSPS) is 20.6. The third kappa shape index (κ3) is 4.50. The van der Waals surface area contributed by atoms with Crippen molar-refractivity contribution in [2.75, 3.05) is 42.6 Å². The summed E-state index contributed by atoms with van der Waals surface area (Å²) in [6.45, 7) is 6.54. The number of aromatic amines is 1. The smallest absolute Gasteiger partial charge is 0.328 e. The molecule has 1 atom stereocenters. The fourth-order valence-corrected chi connectivity index (χ4v) is 6.30. The van der Waals surface area contributed by atoms with Crippen LogP contribution in [0.3, 0.4) is 0 Å². The molecule has 1 N–H and O–H groups in total. The molecule has 0 bridgehead atoms. The summed E-state index contributed by atoms with van der Waals surface area (Å²) in [6, 6.07) is 1.14. The monoisotopic (exact) mass is 464 g/mol. The molecule has 32 heavy (non-hydrogen) atoms. The van der Waals surface area contributed by atoms with Crippen molar-refractivity contribution < 1.29 is 13.2 Å². The number of carbonyl (C=O) groups excluding carboxylic acids is 1. The summed E-state index contributed by atoms with van der Waals surface area (Å²) in [5.41, 5.74) is 1.86. The molecule has 0 aliphatic carbocycles. The topological polar surface area (TPSA) is 130 Å². The Bertz CT molecular complexity index is 1240. The number of nitrogens with one attached hydrogen (secondary N) is 1. The molecule has 2 aromatic rings. The van der Waals surface area contributed by atoms with Crippen molar-refractivity contribution in [3.8, 4) is 0 Å². The van der Waals surface area contributed by atoms with Crippen molar-refractivity contribution in [2.45, 2.75) is 39.3 Å². The number of hydrogen-bond acceptors (Lipinski definition) is 7. The number of anilines is 1. The summed E-state index contributed by atoms with van der Waals surface area (Å²) in [7, 11) is -2.99. The molecule has 12 heteroatoms. The van der Waals surface area contributed by atoms with Gasteiger partial charge >= 0.3 is 5.69 Å². The highest BCUT2D eigenvalue weighted by Crippen LogP contribution is 2.31. The maximum atomic E-state index is 12.6. The largest absolute Gasteiger partial charge is 0.365 e. The number of H-pyrrole nitrogens is 1. The summed E-state index contributed by atoms with van der Waals surface area (Å²) < 4.78 is 26.9. The van der Waals surface area contributed by atoms with E-state index >= 15 is 0 Å². The number of amides is 1. The highest BCUT2D eigenvalue weighted by atomic mass is 32.2. The molecule has 1 amide bonds. The lowest BCUT2D eigenvalue weighted by Gasteiger charge is -2.36. The Morgan fingerprint density at radius 2 is 1.91 bits per heavy atom. The average molecular weight is 465 g/mol. The van der Waals surface area contributed by atoms with Gasteiger partial charge in [0.25, 0.3) is 5.56 Å². The predicted octanol–water partition coefficient (Wildman–Crippen LogP) is -0.552. The second kappa shape index (κ2) is 8.57. The molecule has 0 saturated carbocycles. The van der Waals surface area contributed by atoms with Crippen molar-refractivity contribution in [3.05, 3.63) is 44.5 Å². The van der Waals surface area contributed by atoms with E-state index in [1.54, 1.807) is 4.90 Å². The second-order valence-corrected chi connectivity index (χ2v) is 10.7. The standard InChI is InChI=1S/C20H28N6O5S/c1-14-19(15(2)26(22-14)16-5-12-32(30,31)13-16)24-10-8-23(9-11-24)18(28)4-7-25-6-3-17(27)21-20(25)29/h3,6,16H,4-5,7-13H2,1-2H3,(H,21,27,29). The van der Waals surface area contributed by atoms with Crippen LogP contribution in [0.2, 0.25) is 0 Å². The van der Waals surface area contributed by atoms with Gasteiger partial charge in [-0.15, -0.1) is 0 Å². The van der Waals surface area contributed by atoms with E-state index in [1.165, 1.54) is 16.8 Å². The van der Waals surface area contributed by atoms with Crippen molar-refractivity contribution in [1.82, 2.24) is 24.2 Å². The first-order valence-corrected chi connectivity index (χ1v) is 12.6. The van der Waals surface area contributed by atoms with Crippen LogP contribution in [0, 0.1) is 13.8 Å². The van der Waals surface area contributed by atoms with Gasteiger partial charge in [-0.2, -0.15) is 5.10 Å². The molecule has 2 fully saturated rings. The minimum absolute atomic E-state index is 0.0388. The summed E-state index contributed by atoms with van der Waals surface area (Å²) in [5.74, 6) is 0.301. The zero-order valence-electron chi connectivity index (χ0n) is 18.3. The van der Waals surface area contributed by atoms with Crippen LogP contribution >= 0.6 is 0 Å². The molecular weight excluding hydrogens is 436 g/mol. The van der Waals surface area contributed by atoms with Gasteiger partial charge in [-0.1, -0.05) is 0 Å². The van der Waals surface area contributed by atoms with E-state index in [1.807, 2.05) is 18.5 Å². The minimum Gasteiger partial charge on any atom is -0.365 e. The van der Waals surface area contributed by atoms with E-state index in [0.29, 0.717) is 32.6 Å². The molecule has 2 aliphatic heterocycles. The van der Waals surface area contributed by atoms with Gasteiger partial charge in [0.2, 0.25) is 5.91 Å². The number of sulfone groups is 1. The van der Waals surface area contributed by atoms with Gasteiger partial charge < -0.3 is 14.4 Å². The minimum atomic E-state index is -2.99. The Morgan fingerprint density at radius 1 is 1.19 bits per heavy atom. The van der Waals surface area contributed by atoms with Crippen molar-refractivity contribution in [2.24, 2.45) is 0 Å². The Labute approximate surface area is 185 Å². The van der Waals surface area contributed by atoms with Gasteiger partial charge in [0.05, 0.1) is 34.6 Å². The number of aryl methyl sites for hydroxylation is 2. The maximum absolute atomic E-state index is 12.6. The van der Waals surface area contributed by atoms with E-state index in [2.05, 4.69) is 15.0 Å². The summed E-state index contributed by atoms with van der Waals surface area (Å²) in [6.07, 6.45) is 2.16. The number of nitrogens with zero attached hydrogens (tertiary/aromatic N) is 5. The molecule has 2 aliphatic rings. The lowest BCUT2D eigenvalue weighted by molar-refractivity contribution is -0.131. The van der Waals surface area contributed by atoms with Crippen LogP contribution in [0.15, 0.2) is 21.9 Å². The van der Waals surface area contributed by atoms with Crippen LogP contribution in [0.1, 0.15) is 30.3 Å². The highest BCUT2D eigenvalue weighted by Gasteiger charge is 2.33. The van der Waals surface area contributed by atoms with Gasteiger partial charge in [-0.3, -0.25) is 19.3 Å². The van der Waals surface area contributed by atoms with Gasteiger partial charge in [0, 0.05) is 51.4 Å². The summed E-state index contributed by atoms with van der Waals surface area (Å²) >= 11 is 0. The van der Waals surface area contributed by atoms with Crippen LogP contribution in [0.4, 0.5) is 5.69 Å². The third-order valence-electron chi connectivity index (χ3n) is 6.25. The van der Waals surface area contributed by atoms with E-state index in [4.69, 9.17) is 0 Å². The Morgan fingerprint density at radius 3 is 2.53 bits per heavy atom. The quantitative estimate of drug-likeness (QED) is 0.628. The number of rotatable bonds is 5. The van der Waals surface area contributed by atoms with E-state index < -0.39 is 21.1 Å². The van der Waals surface area contributed by atoms with Gasteiger partial charge in [-0.25, -0.2) is 13.2 Å². The number of piperazine rings is 1. The highest BCUT2D eigenvalue weighted by molar-refractivity contribution is 7.91. The van der Waals surface area contributed by atoms with Gasteiger partial charge in [-0.05, 0) is 20.3 Å². The molecular formula is C20H28N6O5S. The van der Waals surface area contributed by atoms with E-state index in [-0.39, 0.29) is 36.4 Å². The molecule has 2 saturated heterocycles. The Hall–Kier alpha value is -2.89. The summed E-state index contributed by atoms with van der Waals surface area (Å²) in [5, 5.41) is 4.64. The lowest BCUT2D eigenvalue weighted by Crippen LogP contribution is -2.49. The molecule has 1 unspecified atom stereocenters. The van der Waals surface area contributed by atoms with Crippen LogP contribution < -0.4 is 16.1 Å². The van der Waals surface area contributed by atoms with Crippen LogP contribution in [0.5, 0.6) is 0 Å². The van der Waals surface area contributed by atoms with Crippen molar-refractivity contribution in [3.63, 3.8) is 0 Å². The third-order valence-corrected chi connectivity index (χ3v) is 8.00. The predicted molar refractivity (Wildman–Crippen MR) is 119 cm³/mol. The van der Waals surface area contributed by atoms with Gasteiger partial charge in [0.15, 0.2) is 9.84 Å². The number of aromatic nitrogens is 4. The van der Waals surface area contributed by atoms with E-state index in [9.17, 15) is 22.8 Å². The lowest BCUT2D eigenvalue weighted by atomic mass is 10.2. The number of carbonyl (C=O) groups is 1. The first-order chi connectivity index (χ1) is 15.1.